The number of carbonyl (C=O) groups excluding carboxylic acids is 1. The van der Waals surface area contributed by atoms with Gasteiger partial charge in [0.05, 0.1) is 11.4 Å². The van der Waals surface area contributed by atoms with Gasteiger partial charge in [-0.05, 0) is 19.1 Å². The number of nitrogens with zero attached hydrogens (tertiary/aromatic N) is 1. The number of carboxylic acids is 2. The molecule has 0 aliphatic rings. The average Bonchev–Trinajstić information content (AvgIpc) is 2.37. The first-order valence-electron chi connectivity index (χ1n) is 6.05. The zero-order valence-corrected chi connectivity index (χ0v) is 11.5. The van der Waals surface area contributed by atoms with Crippen molar-refractivity contribution in [3.8, 4) is 0 Å². The van der Waals surface area contributed by atoms with Crippen LogP contribution in [-0.4, -0.2) is 41.1 Å². The van der Waals surface area contributed by atoms with E-state index in [9.17, 15) is 14.4 Å². The van der Waals surface area contributed by atoms with E-state index in [1.165, 1.54) is 6.92 Å². The molecule has 0 aromatic heterocycles. The summed E-state index contributed by atoms with van der Waals surface area (Å²) >= 11 is 0. The van der Waals surface area contributed by atoms with Gasteiger partial charge in [-0.1, -0.05) is 18.7 Å². The van der Waals surface area contributed by atoms with Crippen LogP contribution in [0.3, 0.4) is 0 Å². The Hall–Kier alpha value is -2.83. The Morgan fingerprint density at radius 3 is 2.14 bits per heavy atom. The first kappa shape index (κ1) is 16.2. The molecule has 0 spiro atoms. The topological polar surface area (TPSA) is 107 Å². The minimum absolute atomic E-state index is 0.285. The maximum Gasteiger partial charge on any atom is 0.323 e. The highest BCUT2D eigenvalue weighted by atomic mass is 16.4. The van der Waals surface area contributed by atoms with Crippen molar-refractivity contribution >= 4 is 29.2 Å². The highest BCUT2D eigenvalue weighted by molar-refractivity contribution is 6.05. The largest absolute Gasteiger partial charge is 0.480 e. The summed E-state index contributed by atoms with van der Waals surface area (Å²) in [4.78, 5) is 34.6. The van der Waals surface area contributed by atoms with Gasteiger partial charge in [0, 0.05) is 5.57 Å². The lowest BCUT2D eigenvalue weighted by molar-refractivity contribution is -0.136. The van der Waals surface area contributed by atoms with Crippen LogP contribution in [0.25, 0.3) is 0 Å². The molecule has 0 bridgehead atoms. The number of hydrogen-bond acceptors (Lipinski definition) is 4. The highest BCUT2D eigenvalue weighted by Gasteiger charge is 2.18. The normalized spacial score (nSPS) is 9.76. The summed E-state index contributed by atoms with van der Waals surface area (Å²) in [5.41, 5.74) is 0.928. The number of hydrogen-bond donors (Lipinski definition) is 3. The van der Waals surface area contributed by atoms with Crippen molar-refractivity contribution in [3.63, 3.8) is 0 Å². The fraction of sp³-hybridized carbons (Fsp3) is 0.214. The summed E-state index contributed by atoms with van der Waals surface area (Å²) in [5, 5.41) is 20.3. The third-order valence-electron chi connectivity index (χ3n) is 2.53. The summed E-state index contributed by atoms with van der Waals surface area (Å²) in [5.74, 6) is -2.76. The minimum Gasteiger partial charge on any atom is -0.480 e. The Kier molecular flexibility index (Phi) is 5.48. The van der Waals surface area contributed by atoms with Crippen molar-refractivity contribution in [2.24, 2.45) is 0 Å². The number of para-hydroxylation sites is 2. The lowest BCUT2D eigenvalue weighted by Gasteiger charge is -2.23. The molecule has 0 saturated heterocycles. The van der Waals surface area contributed by atoms with Gasteiger partial charge in [0.25, 0.3) is 5.91 Å². The molecular formula is C14H16N2O5. The van der Waals surface area contributed by atoms with E-state index in [1.54, 1.807) is 24.3 Å². The van der Waals surface area contributed by atoms with Crippen LogP contribution in [0.15, 0.2) is 36.4 Å². The number of benzene rings is 1. The van der Waals surface area contributed by atoms with Gasteiger partial charge in [-0.3, -0.25) is 14.4 Å². The van der Waals surface area contributed by atoms with Crippen LogP contribution in [0.2, 0.25) is 0 Å². The maximum absolute atomic E-state index is 11.7. The number of rotatable bonds is 7. The molecule has 1 amide bonds. The van der Waals surface area contributed by atoms with Crippen LogP contribution >= 0.6 is 0 Å². The minimum atomic E-state index is -1.17. The van der Waals surface area contributed by atoms with E-state index in [4.69, 9.17) is 10.2 Å². The Bertz CT molecular complexity index is 566. The molecule has 0 aliphatic carbocycles. The zero-order chi connectivity index (χ0) is 16.0. The van der Waals surface area contributed by atoms with E-state index < -0.39 is 30.9 Å². The van der Waals surface area contributed by atoms with E-state index in [0.29, 0.717) is 11.4 Å². The Morgan fingerprint density at radius 1 is 1.14 bits per heavy atom. The predicted octanol–water partition coefficient (Wildman–Crippen LogP) is 1.18. The van der Waals surface area contributed by atoms with Crippen LogP contribution in [0.5, 0.6) is 0 Å². The molecule has 0 saturated carbocycles. The second kappa shape index (κ2) is 7.09. The molecule has 1 rings (SSSR count). The molecule has 112 valence electrons. The lowest BCUT2D eigenvalue weighted by Crippen LogP contribution is -2.35. The summed E-state index contributed by atoms with van der Waals surface area (Å²) in [6.07, 6.45) is 0. The number of carboxylic acid groups (broad SMARTS) is 2. The van der Waals surface area contributed by atoms with Crippen LogP contribution in [-0.2, 0) is 14.4 Å². The van der Waals surface area contributed by atoms with Crippen molar-refractivity contribution in [3.05, 3.63) is 36.4 Å². The number of carbonyl (C=O) groups is 3. The number of anilines is 2. The first-order chi connectivity index (χ1) is 9.81. The van der Waals surface area contributed by atoms with Crippen LogP contribution in [0, 0.1) is 0 Å². The van der Waals surface area contributed by atoms with Crippen molar-refractivity contribution in [2.45, 2.75) is 6.92 Å². The summed E-state index contributed by atoms with van der Waals surface area (Å²) in [6.45, 7) is 4.05. The van der Waals surface area contributed by atoms with Gasteiger partial charge in [-0.25, -0.2) is 0 Å². The van der Waals surface area contributed by atoms with E-state index in [2.05, 4.69) is 11.9 Å². The average molecular weight is 292 g/mol. The van der Waals surface area contributed by atoms with E-state index in [1.807, 2.05) is 0 Å². The molecule has 1 aromatic carbocycles. The molecular weight excluding hydrogens is 276 g/mol. The Balaban J connectivity index is 3.12. The van der Waals surface area contributed by atoms with Gasteiger partial charge in [0.1, 0.15) is 13.1 Å². The quantitative estimate of drug-likeness (QED) is 0.651. The molecule has 0 aliphatic heterocycles. The molecule has 7 heteroatoms. The molecule has 7 nitrogen and oxygen atoms in total. The molecule has 0 atom stereocenters. The number of amides is 1. The highest BCUT2D eigenvalue weighted by Crippen LogP contribution is 2.25. The second-order valence-electron chi connectivity index (χ2n) is 4.40. The fourth-order valence-corrected chi connectivity index (χ4v) is 1.64. The predicted molar refractivity (Wildman–Crippen MR) is 77.4 cm³/mol. The third-order valence-corrected chi connectivity index (χ3v) is 2.53. The molecule has 21 heavy (non-hydrogen) atoms. The summed E-state index contributed by atoms with van der Waals surface area (Å²) < 4.78 is 0. The number of nitrogens with one attached hydrogen (secondary N) is 1. The van der Waals surface area contributed by atoms with Crippen molar-refractivity contribution in [2.75, 3.05) is 23.3 Å². The monoisotopic (exact) mass is 292 g/mol. The molecule has 0 unspecified atom stereocenters. The fourth-order valence-electron chi connectivity index (χ4n) is 1.64. The molecule has 0 heterocycles. The van der Waals surface area contributed by atoms with E-state index >= 15 is 0 Å². The van der Waals surface area contributed by atoms with Gasteiger partial charge in [0.15, 0.2) is 0 Å². The summed E-state index contributed by atoms with van der Waals surface area (Å²) in [6, 6.07) is 6.38. The summed E-state index contributed by atoms with van der Waals surface area (Å²) in [7, 11) is 0. The van der Waals surface area contributed by atoms with Crippen LogP contribution in [0.4, 0.5) is 11.4 Å². The lowest BCUT2D eigenvalue weighted by atomic mass is 10.2. The van der Waals surface area contributed by atoms with Crippen LogP contribution in [0.1, 0.15) is 6.92 Å². The Morgan fingerprint density at radius 2 is 1.67 bits per heavy atom. The van der Waals surface area contributed by atoms with Crippen molar-refractivity contribution in [1.82, 2.24) is 0 Å². The smallest absolute Gasteiger partial charge is 0.323 e. The Labute approximate surface area is 121 Å². The SMILES string of the molecule is C=C(C)C(=O)Nc1ccccc1N(CC(=O)O)CC(=O)O. The van der Waals surface area contributed by atoms with Crippen molar-refractivity contribution < 1.29 is 24.6 Å². The van der Waals surface area contributed by atoms with Gasteiger partial charge >= 0.3 is 11.9 Å². The zero-order valence-electron chi connectivity index (χ0n) is 11.5. The molecule has 3 N–H and O–H groups in total. The van der Waals surface area contributed by atoms with Crippen molar-refractivity contribution in [1.29, 1.82) is 0 Å². The van der Waals surface area contributed by atoms with E-state index in [0.717, 1.165) is 4.90 Å². The molecule has 1 aromatic rings. The van der Waals surface area contributed by atoms with Gasteiger partial charge < -0.3 is 20.4 Å². The van der Waals surface area contributed by atoms with Gasteiger partial charge in [0.2, 0.25) is 0 Å². The maximum atomic E-state index is 11.7. The van der Waals surface area contributed by atoms with Crippen LogP contribution < -0.4 is 10.2 Å². The molecule has 0 fully saturated rings. The van der Waals surface area contributed by atoms with Gasteiger partial charge in [-0.15, -0.1) is 0 Å². The first-order valence-corrected chi connectivity index (χ1v) is 6.05. The standard InChI is InChI=1S/C14H16N2O5/c1-9(2)14(21)15-10-5-3-4-6-11(10)16(7-12(17)18)8-13(19)20/h3-6H,1,7-8H2,2H3,(H,15,21)(H,17,18)(H,19,20). The third kappa shape index (κ3) is 4.98. The van der Waals surface area contributed by atoms with Gasteiger partial charge in [-0.2, -0.15) is 0 Å². The second-order valence-corrected chi connectivity index (χ2v) is 4.40. The number of aliphatic carboxylic acids is 2. The molecule has 0 radical (unpaired) electrons. The van der Waals surface area contributed by atoms with E-state index in [-0.39, 0.29) is 5.57 Å².